The number of carboxylic acid groups (broad SMARTS) is 1. The highest BCUT2D eigenvalue weighted by Crippen LogP contribution is 1.72. The molecular weight excluding hydrogens is 148 g/mol. The summed E-state index contributed by atoms with van der Waals surface area (Å²) < 4.78 is 0. The molecule has 0 bridgehead atoms. The van der Waals surface area contributed by atoms with Gasteiger partial charge in [-0.2, -0.15) is 5.26 Å². The van der Waals surface area contributed by atoms with Crippen molar-refractivity contribution in [1.29, 1.82) is 5.26 Å². The summed E-state index contributed by atoms with van der Waals surface area (Å²) in [4.78, 5) is 20.3. The van der Waals surface area contributed by atoms with Crippen LogP contribution in [0.3, 0.4) is 0 Å². The van der Waals surface area contributed by atoms with E-state index in [1.165, 1.54) is 0 Å². The van der Waals surface area contributed by atoms with Crippen molar-refractivity contribution < 1.29 is 14.7 Å². The lowest BCUT2D eigenvalue weighted by molar-refractivity contribution is -0.131. The fourth-order valence-corrected chi connectivity index (χ4v) is 0.333. The molecule has 5 heteroatoms. The van der Waals surface area contributed by atoms with Gasteiger partial charge in [0, 0.05) is 12.2 Å². The van der Waals surface area contributed by atoms with Crippen LogP contribution < -0.4 is 5.32 Å². The summed E-state index contributed by atoms with van der Waals surface area (Å²) in [6.45, 7) is -0.122. The van der Waals surface area contributed by atoms with Crippen molar-refractivity contribution in [3.05, 3.63) is 12.2 Å². The number of amides is 1. The second-order valence-electron chi connectivity index (χ2n) is 1.55. The summed E-state index contributed by atoms with van der Waals surface area (Å²) in [5.41, 5.74) is 0. The molecule has 0 saturated carbocycles. The van der Waals surface area contributed by atoms with Crippen LogP contribution in [0.15, 0.2) is 12.2 Å². The van der Waals surface area contributed by atoms with Crippen LogP contribution in [0.1, 0.15) is 0 Å². The minimum absolute atomic E-state index is 0.122. The molecule has 0 rings (SSSR count). The van der Waals surface area contributed by atoms with Crippen molar-refractivity contribution in [3.8, 4) is 6.07 Å². The topological polar surface area (TPSA) is 90.2 Å². The minimum atomic E-state index is -1.20. The first kappa shape index (κ1) is 9.17. The quantitative estimate of drug-likeness (QED) is 0.414. The number of nitrogens with zero attached hydrogens (tertiary/aromatic N) is 1. The molecule has 0 aliphatic rings. The third kappa shape index (κ3) is 6.05. The van der Waals surface area contributed by atoms with Crippen LogP contribution >= 0.6 is 0 Å². The lowest BCUT2D eigenvalue weighted by atomic mass is 10.4. The van der Waals surface area contributed by atoms with Crippen LogP contribution in [0, 0.1) is 11.3 Å². The summed E-state index contributed by atoms with van der Waals surface area (Å²) in [6, 6.07) is 1.67. The van der Waals surface area contributed by atoms with Crippen molar-refractivity contribution >= 4 is 11.9 Å². The zero-order chi connectivity index (χ0) is 8.69. The molecule has 0 radical (unpaired) electrons. The van der Waals surface area contributed by atoms with E-state index in [1.54, 1.807) is 6.07 Å². The number of nitrogens with one attached hydrogen (secondary N) is 1. The normalized spacial score (nSPS) is 9.00. The van der Waals surface area contributed by atoms with Crippen LogP contribution in [0.25, 0.3) is 0 Å². The third-order valence-corrected chi connectivity index (χ3v) is 0.719. The summed E-state index contributed by atoms with van der Waals surface area (Å²) in [6.07, 6.45) is 1.55. The highest BCUT2D eigenvalue weighted by atomic mass is 16.4. The Morgan fingerprint density at radius 1 is 1.55 bits per heavy atom. The molecule has 0 spiro atoms. The Labute approximate surface area is 62.9 Å². The molecule has 0 heterocycles. The zero-order valence-corrected chi connectivity index (χ0v) is 5.57. The number of aliphatic carboxylic acids is 1. The minimum Gasteiger partial charge on any atom is -0.478 e. The van der Waals surface area contributed by atoms with E-state index < -0.39 is 11.9 Å². The monoisotopic (exact) mass is 154 g/mol. The van der Waals surface area contributed by atoms with Crippen LogP contribution in [0.2, 0.25) is 0 Å². The predicted molar refractivity (Wildman–Crippen MR) is 35.4 cm³/mol. The molecule has 11 heavy (non-hydrogen) atoms. The molecule has 0 unspecified atom stereocenters. The van der Waals surface area contributed by atoms with Crippen LogP contribution in [-0.4, -0.2) is 23.5 Å². The van der Waals surface area contributed by atoms with Gasteiger partial charge in [0.05, 0.1) is 6.07 Å². The second kappa shape index (κ2) is 4.99. The Hall–Kier alpha value is -1.83. The van der Waals surface area contributed by atoms with E-state index >= 15 is 0 Å². The second-order valence-corrected chi connectivity index (χ2v) is 1.55. The maximum atomic E-state index is 10.5. The number of carboxylic acids is 1. The van der Waals surface area contributed by atoms with Crippen LogP contribution in [0.4, 0.5) is 0 Å². The Morgan fingerprint density at radius 3 is 2.64 bits per heavy atom. The van der Waals surface area contributed by atoms with Crippen molar-refractivity contribution in [1.82, 2.24) is 5.32 Å². The van der Waals surface area contributed by atoms with Crippen LogP contribution in [0.5, 0.6) is 0 Å². The lowest BCUT2D eigenvalue weighted by Gasteiger charge is -1.90. The number of hydrogen-bond donors (Lipinski definition) is 2. The number of carbonyl (C=O) groups is 2. The number of hydrogen-bond acceptors (Lipinski definition) is 3. The van der Waals surface area contributed by atoms with Gasteiger partial charge in [-0.15, -0.1) is 0 Å². The fourth-order valence-electron chi connectivity index (χ4n) is 0.333. The smallest absolute Gasteiger partial charge is 0.328 e. The van der Waals surface area contributed by atoms with E-state index in [1.807, 2.05) is 0 Å². The molecule has 1 amide bonds. The average molecular weight is 154 g/mol. The van der Waals surface area contributed by atoms with Gasteiger partial charge in [-0.25, -0.2) is 4.79 Å². The summed E-state index contributed by atoms with van der Waals surface area (Å²) in [7, 11) is 0. The van der Waals surface area contributed by atoms with Gasteiger partial charge in [0.1, 0.15) is 6.54 Å². The molecule has 0 saturated heterocycles. The zero-order valence-electron chi connectivity index (χ0n) is 5.57. The van der Waals surface area contributed by atoms with E-state index in [9.17, 15) is 9.59 Å². The maximum Gasteiger partial charge on any atom is 0.328 e. The molecule has 0 aliphatic heterocycles. The number of rotatable bonds is 3. The van der Waals surface area contributed by atoms with E-state index in [4.69, 9.17) is 10.4 Å². The van der Waals surface area contributed by atoms with Gasteiger partial charge in [-0.3, -0.25) is 4.79 Å². The van der Waals surface area contributed by atoms with E-state index in [0.29, 0.717) is 6.08 Å². The molecule has 0 atom stereocenters. The van der Waals surface area contributed by atoms with Crippen molar-refractivity contribution in [2.24, 2.45) is 0 Å². The van der Waals surface area contributed by atoms with Gasteiger partial charge >= 0.3 is 5.97 Å². The molecular formula is C6H6N2O3. The molecule has 0 aromatic rings. The van der Waals surface area contributed by atoms with Gasteiger partial charge in [-0.1, -0.05) is 0 Å². The molecule has 0 aliphatic carbocycles. The predicted octanol–water partition coefficient (Wildman–Crippen LogP) is -0.733. The third-order valence-electron chi connectivity index (χ3n) is 0.719. The Balaban J connectivity index is 3.71. The Bertz CT molecular complexity index is 226. The van der Waals surface area contributed by atoms with E-state index in [2.05, 4.69) is 5.32 Å². The highest BCUT2D eigenvalue weighted by Gasteiger charge is 1.93. The number of nitriles is 1. The van der Waals surface area contributed by atoms with Gasteiger partial charge in [0.2, 0.25) is 5.91 Å². The average Bonchev–Trinajstić information content (AvgIpc) is 1.97. The molecule has 0 fully saturated rings. The molecule has 58 valence electrons. The first-order valence-electron chi connectivity index (χ1n) is 2.72. The fraction of sp³-hybridized carbons (Fsp3) is 0.167. The van der Waals surface area contributed by atoms with Gasteiger partial charge < -0.3 is 10.4 Å². The molecule has 0 aromatic carbocycles. The van der Waals surface area contributed by atoms with E-state index in [-0.39, 0.29) is 6.54 Å². The Kier molecular flexibility index (Phi) is 4.16. The summed E-state index contributed by atoms with van der Waals surface area (Å²) in [5, 5.41) is 18.2. The lowest BCUT2D eigenvalue weighted by Crippen LogP contribution is -2.21. The molecule has 2 N–H and O–H groups in total. The standard InChI is InChI=1S/C6H6N2O3/c7-3-4-8-5(9)1-2-6(10)11/h1-2H,4H2,(H,8,9)(H,10,11). The SMILES string of the molecule is N#CCNC(=O)C=CC(=O)O. The highest BCUT2D eigenvalue weighted by molar-refractivity contribution is 5.93. The van der Waals surface area contributed by atoms with Gasteiger partial charge in [0.25, 0.3) is 0 Å². The van der Waals surface area contributed by atoms with Crippen LogP contribution in [-0.2, 0) is 9.59 Å². The van der Waals surface area contributed by atoms with Gasteiger partial charge in [0.15, 0.2) is 0 Å². The first-order valence-corrected chi connectivity index (χ1v) is 2.72. The number of carbonyl (C=O) groups excluding carboxylic acids is 1. The van der Waals surface area contributed by atoms with Gasteiger partial charge in [-0.05, 0) is 0 Å². The van der Waals surface area contributed by atoms with Crippen molar-refractivity contribution in [3.63, 3.8) is 0 Å². The summed E-state index contributed by atoms with van der Waals surface area (Å²) in [5.74, 6) is -1.79. The Morgan fingerprint density at radius 2 is 2.18 bits per heavy atom. The summed E-state index contributed by atoms with van der Waals surface area (Å²) >= 11 is 0. The maximum absolute atomic E-state index is 10.5. The van der Waals surface area contributed by atoms with E-state index in [0.717, 1.165) is 6.08 Å². The first-order chi connectivity index (χ1) is 5.16. The largest absolute Gasteiger partial charge is 0.478 e. The van der Waals surface area contributed by atoms with Crippen molar-refractivity contribution in [2.75, 3.05) is 6.54 Å². The van der Waals surface area contributed by atoms with Crippen molar-refractivity contribution in [2.45, 2.75) is 0 Å². The molecule has 5 nitrogen and oxygen atoms in total. The molecule has 0 aromatic heterocycles.